The van der Waals surface area contributed by atoms with Gasteiger partial charge in [-0.15, -0.1) is 0 Å². The summed E-state index contributed by atoms with van der Waals surface area (Å²) in [6, 6.07) is 5.32. The van der Waals surface area contributed by atoms with Crippen LogP contribution in [0.1, 0.15) is 15.9 Å². The highest BCUT2D eigenvalue weighted by Crippen LogP contribution is 2.25. The third-order valence-electron chi connectivity index (χ3n) is 3.14. The normalized spacial score (nSPS) is 11.0. The van der Waals surface area contributed by atoms with Crippen LogP contribution >= 0.6 is 11.6 Å². The van der Waals surface area contributed by atoms with E-state index in [9.17, 15) is 18.0 Å². The van der Waals surface area contributed by atoms with Gasteiger partial charge in [-0.05, 0) is 30.3 Å². The van der Waals surface area contributed by atoms with Gasteiger partial charge in [0.1, 0.15) is 17.5 Å². The first kappa shape index (κ1) is 13.7. The summed E-state index contributed by atoms with van der Waals surface area (Å²) >= 11 is 5.45. The lowest BCUT2D eigenvalue weighted by Gasteiger charge is -2.03. The minimum absolute atomic E-state index is 0.0603. The van der Waals surface area contributed by atoms with Gasteiger partial charge < -0.3 is 4.98 Å². The smallest absolute Gasteiger partial charge is 0.198 e. The summed E-state index contributed by atoms with van der Waals surface area (Å²) < 4.78 is 40.5. The van der Waals surface area contributed by atoms with Gasteiger partial charge >= 0.3 is 0 Å². The number of rotatable bonds is 2. The maximum atomic E-state index is 13.8. The van der Waals surface area contributed by atoms with Gasteiger partial charge in [0, 0.05) is 22.7 Å². The lowest BCUT2D eigenvalue weighted by Crippen LogP contribution is -2.05. The molecule has 1 N–H and O–H groups in total. The molecule has 21 heavy (non-hydrogen) atoms. The molecule has 0 atom stereocenters. The SMILES string of the molecule is O=C(c1cc(F)c(Cl)cc1F)c1c[nH]c2ccc(F)cc12. The van der Waals surface area contributed by atoms with Gasteiger partial charge in [-0.2, -0.15) is 0 Å². The fourth-order valence-electron chi connectivity index (χ4n) is 2.12. The van der Waals surface area contributed by atoms with Crippen LogP contribution in [-0.4, -0.2) is 10.8 Å². The van der Waals surface area contributed by atoms with Crippen LogP contribution in [0.15, 0.2) is 36.5 Å². The Morgan fingerprint density at radius 3 is 2.52 bits per heavy atom. The summed E-state index contributed by atoms with van der Waals surface area (Å²) in [6.07, 6.45) is 1.33. The van der Waals surface area contributed by atoms with Crippen LogP contribution in [0.5, 0.6) is 0 Å². The number of aromatic nitrogens is 1. The highest BCUT2D eigenvalue weighted by molar-refractivity contribution is 6.31. The second-order valence-electron chi connectivity index (χ2n) is 4.47. The van der Waals surface area contributed by atoms with Gasteiger partial charge in [0.15, 0.2) is 5.78 Å². The number of ketones is 1. The van der Waals surface area contributed by atoms with E-state index >= 15 is 0 Å². The molecule has 0 fully saturated rings. The molecule has 1 heterocycles. The number of carbonyl (C=O) groups is 1. The summed E-state index contributed by atoms with van der Waals surface area (Å²) in [5.74, 6) is -3.11. The van der Waals surface area contributed by atoms with Crippen molar-refractivity contribution in [3.8, 4) is 0 Å². The molecule has 0 aliphatic heterocycles. The molecule has 0 bridgehead atoms. The average molecular weight is 310 g/mol. The fraction of sp³-hybridized carbons (Fsp3) is 0. The van der Waals surface area contributed by atoms with Crippen molar-refractivity contribution in [1.29, 1.82) is 0 Å². The first-order chi connectivity index (χ1) is 9.97. The minimum atomic E-state index is -0.933. The van der Waals surface area contributed by atoms with E-state index in [1.807, 2.05) is 0 Å². The maximum Gasteiger partial charge on any atom is 0.198 e. The molecule has 2 nitrogen and oxygen atoms in total. The molecular weight excluding hydrogens is 303 g/mol. The maximum absolute atomic E-state index is 13.8. The first-order valence-electron chi connectivity index (χ1n) is 5.93. The van der Waals surface area contributed by atoms with E-state index in [1.54, 1.807) is 0 Å². The number of fused-ring (bicyclic) bond motifs is 1. The summed E-state index contributed by atoms with van der Waals surface area (Å²) in [5.41, 5.74) is 0.127. The Hall–Kier alpha value is -2.27. The van der Waals surface area contributed by atoms with Crippen molar-refractivity contribution >= 4 is 28.3 Å². The van der Waals surface area contributed by atoms with Crippen molar-refractivity contribution in [2.24, 2.45) is 0 Å². The van der Waals surface area contributed by atoms with Crippen molar-refractivity contribution in [2.75, 3.05) is 0 Å². The molecule has 106 valence electrons. The summed E-state index contributed by atoms with van der Waals surface area (Å²) in [7, 11) is 0. The Labute approximate surface area is 122 Å². The second-order valence-corrected chi connectivity index (χ2v) is 4.87. The van der Waals surface area contributed by atoms with Gasteiger partial charge in [-0.3, -0.25) is 4.79 Å². The fourth-order valence-corrected chi connectivity index (χ4v) is 2.27. The van der Waals surface area contributed by atoms with Gasteiger partial charge in [-0.25, -0.2) is 13.2 Å². The van der Waals surface area contributed by atoms with Crippen LogP contribution in [-0.2, 0) is 0 Å². The van der Waals surface area contributed by atoms with Crippen molar-refractivity contribution in [1.82, 2.24) is 4.98 Å². The van der Waals surface area contributed by atoms with Crippen LogP contribution in [0.2, 0.25) is 5.02 Å². The van der Waals surface area contributed by atoms with E-state index in [1.165, 1.54) is 18.3 Å². The largest absolute Gasteiger partial charge is 0.360 e. The van der Waals surface area contributed by atoms with E-state index in [0.29, 0.717) is 10.9 Å². The topological polar surface area (TPSA) is 32.9 Å². The summed E-state index contributed by atoms with van der Waals surface area (Å²) in [6.45, 7) is 0. The highest BCUT2D eigenvalue weighted by atomic mass is 35.5. The zero-order chi connectivity index (χ0) is 15.1. The summed E-state index contributed by atoms with van der Waals surface area (Å²) in [4.78, 5) is 15.1. The monoisotopic (exact) mass is 309 g/mol. The van der Waals surface area contributed by atoms with Gasteiger partial charge in [0.25, 0.3) is 0 Å². The zero-order valence-corrected chi connectivity index (χ0v) is 11.1. The Balaban J connectivity index is 2.17. The molecule has 0 unspecified atom stereocenters. The standard InChI is InChI=1S/C15H7ClF3NO/c16-11-5-12(18)9(4-13(11)19)15(21)10-6-20-14-2-1-7(17)3-8(10)14/h1-6,20H. The third kappa shape index (κ3) is 2.29. The number of benzene rings is 2. The molecule has 0 aliphatic rings. The number of nitrogens with one attached hydrogen (secondary N) is 1. The van der Waals surface area contributed by atoms with E-state index in [4.69, 9.17) is 11.6 Å². The Morgan fingerprint density at radius 2 is 1.76 bits per heavy atom. The molecule has 0 spiro atoms. The molecular formula is C15H7ClF3NO. The predicted molar refractivity (Wildman–Crippen MR) is 73.1 cm³/mol. The van der Waals surface area contributed by atoms with Crippen molar-refractivity contribution in [3.05, 3.63) is 70.1 Å². The molecule has 0 aliphatic carbocycles. The molecule has 6 heteroatoms. The van der Waals surface area contributed by atoms with E-state index in [-0.39, 0.29) is 5.56 Å². The minimum Gasteiger partial charge on any atom is -0.360 e. The van der Waals surface area contributed by atoms with Crippen LogP contribution in [0, 0.1) is 17.5 Å². The van der Waals surface area contributed by atoms with Crippen LogP contribution in [0.25, 0.3) is 10.9 Å². The van der Waals surface area contributed by atoms with Crippen molar-refractivity contribution in [3.63, 3.8) is 0 Å². The Bertz CT molecular complexity index is 873. The Kier molecular flexibility index (Phi) is 3.22. The van der Waals surface area contributed by atoms with Gasteiger partial charge in [0.05, 0.1) is 10.6 Å². The molecule has 0 radical (unpaired) electrons. The third-order valence-corrected chi connectivity index (χ3v) is 3.43. The summed E-state index contributed by atoms with van der Waals surface area (Å²) in [5, 5.41) is -0.108. The van der Waals surface area contributed by atoms with E-state index < -0.39 is 33.8 Å². The number of hydrogen-bond donors (Lipinski definition) is 1. The number of halogens is 4. The molecule has 0 amide bonds. The molecule has 3 rings (SSSR count). The van der Waals surface area contributed by atoms with Crippen molar-refractivity contribution in [2.45, 2.75) is 0 Å². The zero-order valence-electron chi connectivity index (χ0n) is 10.4. The lowest BCUT2D eigenvalue weighted by atomic mass is 10.0. The number of carbonyl (C=O) groups excluding carboxylic acids is 1. The van der Waals surface area contributed by atoms with Crippen LogP contribution < -0.4 is 0 Å². The first-order valence-corrected chi connectivity index (χ1v) is 6.31. The molecule has 1 aromatic heterocycles. The second kappa shape index (κ2) is 4.93. The van der Waals surface area contributed by atoms with E-state index in [2.05, 4.69) is 4.98 Å². The number of H-pyrrole nitrogens is 1. The lowest BCUT2D eigenvalue weighted by molar-refractivity contribution is 0.103. The van der Waals surface area contributed by atoms with Gasteiger partial charge in [-0.1, -0.05) is 11.6 Å². The number of aromatic amines is 1. The molecule has 0 saturated heterocycles. The van der Waals surface area contributed by atoms with Crippen LogP contribution in [0.4, 0.5) is 13.2 Å². The van der Waals surface area contributed by atoms with Crippen molar-refractivity contribution < 1.29 is 18.0 Å². The van der Waals surface area contributed by atoms with Crippen LogP contribution in [0.3, 0.4) is 0 Å². The number of hydrogen-bond acceptors (Lipinski definition) is 1. The quantitative estimate of drug-likeness (QED) is 0.550. The predicted octanol–water partition coefficient (Wildman–Crippen LogP) is 4.47. The highest BCUT2D eigenvalue weighted by Gasteiger charge is 2.20. The average Bonchev–Trinajstić information content (AvgIpc) is 2.85. The molecule has 0 saturated carbocycles. The van der Waals surface area contributed by atoms with E-state index in [0.717, 1.165) is 18.2 Å². The molecule has 2 aromatic carbocycles. The Morgan fingerprint density at radius 1 is 1.00 bits per heavy atom. The van der Waals surface area contributed by atoms with Gasteiger partial charge in [0.2, 0.25) is 0 Å². The molecule has 3 aromatic rings.